The highest BCUT2D eigenvalue weighted by Crippen LogP contribution is 2.18. The van der Waals surface area contributed by atoms with Crippen LogP contribution in [0.4, 0.5) is 0 Å². The van der Waals surface area contributed by atoms with Gasteiger partial charge in [0, 0.05) is 38.2 Å². The molecular formula is C16H18N2O2. The van der Waals surface area contributed by atoms with Gasteiger partial charge in [-0.2, -0.15) is 0 Å². The molecule has 4 nitrogen and oxygen atoms in total. The molecule has 1 amide bonds. The van der Waals surface area contributed by atoms with Crippen LogP contribution in [0.1, 0.15) is 16.8 Å². The van der Waals surface area contributed by atoms with Crippen LogP contribution in [0.3, 0.4) is 0 Å². The van der Waals surface area contributed by atoms with Crippen molar-refractivity contribution in [1.82, 2.24) is 10.3 Å². The maximum absolute atomic E-state index is 12.0. The van der Waals surface area contributed by atoms with Crippen molar-refractivity contribution >= 4 is 5.91 Å². The van der Waals surface area contributed by atoms with Gasteiger partial charge in [0.1, 0.15) is 0 Å². The van der Waals surface area contributed by atoms with Crippen LogP contribution in [0, 0.1) is 0 Å². The molecule has 0 spiro atoms. The minimum atomic E-state index is -0.105. The van der Waals surface area contributed by atoms with E-state index in [9.17, 15) is 4.79 Å². The summed E-state index contributed by atoms with van der Waals surface area (Å²) < 4.78 is 4.94. The smallest absolute Gasteiger partial charge is 0.252 e. The second kappa shape index (κ2) is 7.40. The molecule has 1 N–H and O–H groups in total. The standard InChI is InChI=1S/C16H18N2O2/c1-20-9-5-8-18-16(19)15-10-14(11-17-12-15)13-6-3-2-4-7-13/h2-4,6-7,10-12H,5,8-9H2,1H3,(H,18,19). The molecule has 20 heavy (non-hydrogen) atoms. The van der Waals surface area contributed by atoms with Crippen molar-refractivity contribution < 1.29 is 9.53 Å². The molecular weight excluding hydrogens is 252 g/mol. The number of nitrogens with one attached hydrogen (secondary N) is 1. The molecule has 0 atom stereocenters. The fourth-order valence-corrected chi connectivity index (χ4v) is 1.87. The Bertz CT molecular complexity index is 555. The van der Waals surface area contributed by atoms with E-state index in [0.717, 1.165) is 17.5 Å². The SMILES string of the molecule is COCCCNC(=O)c1cncc(-c2ccccc2)c1. The summed E-state index contributed by atoms with van der Waals surface area (Å²) in [5, 5.41) is 2.85. The predicted molar refractivity (Wildman–Crippen MR) is 78.5 cm³/mol. The molecule has 0 radical (unpaired) electrons. The molecule has 0 aliphatic carbocycles. The largest absolute Gasteiger partial charge is 0.385 e. The zero-order valence-corrected chi connectivity index (χ0v) is 11.5. The van der Waals surface area contributed by atoms with Gasteiger partial charge in [-0.25, -0.2) is 0 Å². The highest BCUT2D eigenvalue weighted by atomic mass is 16.5. The van der Waals surface area contributed by atoms with Crippen LogP contribution in [0.2, 0.25) is 0 Å². The number of benzene rings is 1. The van der Waals surface area contributed by atoms with Crippen molar-refractivity contribution in [3.05, 3.63) is 54.4 Å². The normalized spacial score (nSPS) is 10.2. The van der Waals surface area contributed by atoms with E-state index in [-0.39, 0.29) is 5.91 Å². The van der Waals surface area contributed by atoms with Crippen LogP contribution in [0.5, 0.6) is 0 Å². The Labute approximate surface area is 118 Å². The lowest BCUT2D eigenvalue weighted by Crippen LogP contribution is -2.25. The summed E-state index contributed by atoms with van der Waals surface area (Å²) >= 11 is 0. The van der Waals surface area contributed by atoms with Gasteiger partial charge in [-0.1, -0.05) is 30.3 Å². The topological polar surface area (TPSA) is 51.2 Å². The average molecular weight is 270 g/mol. The van der Waals surface area contributed by atoms with Gasteiger partial charge in [-0.05, 0) is 18.1 Å². The first kappa shape index (κ1) is 14.2. The highest BCUT2D eigenvalue weighted by Gasteiger charge is 2.07. The molecule has 0 bridgehead atoms. The van der Waals surface area contributed by atoms with Gasteiger partial charge in [-0.3, -0.25) is 9.78 Å². The van der Waals surface area contributed by atoms with Gasteiger partial charge in [0.25, 0.3) is 5.91 Å². The van der Waals surface area contributed by atoms with Crippen LogP contribution in [0.15, 0.2) is 48.8 Å². The lowest BCUT2D eigenvalue weighted by molar-refractivity contribution is 0.0948. The first-order valence-electron chi connectivity index (χ1n) is 6.59. The van der Waals surface area contributed by atoms with E-state index in [1.54, 1.807) is 19.5 Å². The number of hydrogen-bond acceptors (Lipinski definition) is 3. The molecule has 0 unspecified atom stereocenters. The fourth-order valence-electron chi connectivity index (χ4n) is 1.87. The maximum Gasteiger partial charge on any atom is 0.252 e. The number of nitrogens with zero attached hydrogens (tertiary/aromatic N) is 1. The molecule has 1 aromatic heterocycles. The molecule has 0 saturated carbocycles. The van der Waals surface area contributed by atoms with Crippen LogP contribution in [-0.2, 0) is 4.74 Å². The Balaban J connectivity index is 2.04. The van der Waals surface area contributed by atoms with Gasteiger partial charge in [0.2, 0.25) is 0 Å². The average Bonchev–Trinajstić information content (AvgIpc) is 2.52. The number of carbonyl (C=O) groups excluding carboxylic acids is 1. The van der Waals surface area contributed by atoms with Crippen LogP contribution in [0.25, 0.3) is 11.1 Å². The molecule has 1 heterocycles. The molecule has 0 aliphatic heterocycles. The van der Waals surface area contributed by atoms with Gasteiger partial charge >= 0.3 is 0 Å². The monoisotopic (exact) mass is 270 g/mol. The van der Waals surface area contributed by atoms with E-state index in [2.05, 4.69) is 10.3 Å². The number of ether oxygens (including phenoxy) is 1. The Morgan fingerprint density at radius 3 is 2.75 bits per heavy atom. The number of hydrogen-bond donors (Lipinski definition) is 1. The molecule has 2 rings (SSSR count). The Kier molecular flexibility index (Phi) is 5.26. The molecule has 0 fully saturated rings. The minimum Gasteiger partial charge on any atom is -0.385 e. The summed E-state index contributed by atoms with van der Waals surface area (Å²) in [6, 6.07) is 11.7. The summed E-state index contributed by atoms with van der Waals surface area (Å²) in [6.45, 7) is 1.24. The minimum absolute atomic E-state index is 0.105. The summed E-state index contributed by atoms with van der Waals surface area (Å²) in [5.74, 6) is -0.105. The van der Waals surface area contributed by atoms with Crippen molar-refractivity contribution in [1.29, 1.82) is 0 Å². The van der Waals surface area contributed by atoms with Gasteiger partial charge in [0.15, 0.2) is 0 Å². The van der Waals surface area contributed by atoms with Crippen molar-refractivity contribution in [3.8, 4) is 11.1 Å². The number of aromatic nitrogens is 1. The van der Waals surface area contributed by atoms with E-state index in [0.29, 0.717) is 18.7 Å². The van der Waals surface area contributed by atoms with Crippen LogP contribution >= 0.6 is 0 Å². The van der Waals surface area contributed by atoms with E-state index in [1.807, 2.05) is 36.4 Å². The highest BCUT2D eigenvalue weighted by molar-refractivity contribution is 5.95. The molecule has 0 saturated heterocycles. The third-order valence-electron chi connectivity index (χ3n) is 2.92. The molecule has 0 aliphatic rings. The predicted octanol–water partition coefficient (Wildman–Crippen LogP) is 2.51. The number of methoxy groups -OCH3 is 1. The first-order chi connectivity index (χ1) is 9.81. The van der Waals surface area contributed by atoms with Crippen LogP contribution in [-0.4, -0.2) is 31.2 Å². The third kappa shape index (κ3) is 3.90. The number of amides is 1. The molecule has 2 aromatic rings. The summed E-state index contributed by atoms with van der Waals surface area (Å²) in [7, 11) is 1.65. The Morgan fingerprint density at radius 1 is 1.20 bits per heavy atom. The lowest BCUT2D eigenvalue weighted by Gasteiger charge is -2.06. The van der Waals surface area contributed by atoms with Gasteiger partial charge in [0.05, 0.1) is 5.56 Å². The third-order valence-corrected chi connectivity index (χ3v) is 2.92. The lowest BCUT2D eigenvalue weighted by atomic mass is 10.1. The quantitative estimate of drug-likeness (QED) is 0.821. The zero-order valence-electron chi connectivity index (χ0n) is 11.5. The van der Waals surface area contributed by atoms with E-state index < -0.39 is 0 Å². The van der Waals surface area contributed by atoms with Crippen molar-refractivity contribution in [2.45, 2.75) is 6.42 Å². The van der Waals surface area contributed by atoms with Gasteiger partial charge in [-0.15, -0.1) is 0 Å². The van der Waals surface area contributed by atoms with Gasteiger partial charge < -0.3 is 10.1 Å². The Hall–Kier alpha value is -2.20. The van der Waals surface area contributed by atoms with E-state index in [4.69, 9.17) is 4.74 Å². The second-order valence-corrected chi connectivity index (χ2v) is 4.43. The maximum atomic E-state index is 12.0. The Morgan fingerprint density at radius 2 is 2.00 bits per heavy atom. The van der Waals surface area contributed by atoms with Crippen molar-refractivity contribution in [2.75, 3.05) is 20.3 Å². The first-order valence-corrected chi connectivity index (χ1v) is 6.59. The fraction of sp³-hybridized carbons (Fsp3) is 0.250. The van der Waals surface area contributed by atoms with E-state index >= 15 is 0 Å². The number of pyridine rings is 1. The summed E-state index contributed by atoms with van der Waals surface area (Å²) in [6.07, 6.45) is 4.14. The van der Waals surface area contributed by atoms with E-state index in [1.165, 1.54) is 0 Å². The van der Waals surface area contributed by atoms with Crippen LogP contribution < -0.4 is 5.32 Å². The number of carbonyl (C=O) groups is 1. The van der Waals surface area contributed by atoms with Crippen molar-refractivity contribution in [3.63, 3.8) is 0 Å². The number of rotatable bonds is 6. The van der Waals surface area contributed by atoms with Crippen molar-refractivity contribution in [2.24, 2.45) is 0 Å². The molecule has 4 heteroatoms. The zero-order chi connectivity index (χ0) is 14.2. The second-order valence-electron chi connectivity index (χ2n) is 4.43. The summed E-state index contributed by atoms with van der Waals surface area (Å²) in [5.41, 5.74) is 2.56. The molecule has 104 valence electrons. The molecule has 1 aromatic carbocycles. The summed E-state index contributed by atoms with van der Waals surface area (Å²) in [4.78, 5) is 16.1.